The Labute approximate surface area is 482 Å². The van der Waals surface area contributed by atoms with Gasteiger partial charge in [-0.3, -0.25) is 14.4 Å². The van der Waals surface area contributed by atoms with Gasteiger partial charge in [0.05, 0.1) is 0 Å². The predicted octanol–water partition coefficient (Wildman–Crippen LogP) is 22.4. The maximum Gasteiger partial charge on any atom is 0.306 e. The van der Waals surface area contributed by atoms with Crippen LogP contribution in [-0.4, -0.2) is 37.2 Å². The van der Waals surface area contributed by atoms with Crippen LogP contribution in [0.4, 0.5) is 0 Å². The Balaban J connectivity index is 4.31. The van der Waals surface area contributed by atoms with Crippen molar-refractivity contribution >= 4 is 17.9 Å². The van der Waals surface area contributed by atoms with Crippen LogP contribution in [0.2, 0.25) is 0 Å². The van der Waals surface area contributed by atoms with E-state index in [1.807, 2.05) is 0 Å². The van der Waals surface area contributed by atoms with Gasteiger partial charge in [-0.15, -0.1) is 0 Å². The summed E-state index contributed by atoms with van der Waals surface area (Å²) < 4.78 is 16.9. The SMILES string of the molecule is CC/C=C\C/C=C\C/C=C\C/C=C\C/C=C\CCCCCCCCCCCCCCCC(=O)OCC(COC(=O)CCCCCCC/C=C\C/C=C\C/C=C\CC)OC(=O)CCCCCCC/C=C\C/C=C\CCCCCC. The molecule has 1 unspecified atom stereocenters. The minimum Gasteiger partial charge on any atom is -0.462 e. The van der Waals surface area contributed by atoms with Crippen LogP contribution in [0.25, 0.3) is 0 Å². The molecule has 0 aliphatic rings. The van der Waals surface area contributed by atoms with Crippen molar-refractivity contribution in [2.75, 3.05) is 13.2 Å². The molecule has 0 aromatic rings. The zero-order chi connectivity index (χ0) is 56.4. The lowest BCUT2D eigenvalue weighted by molar-refractivity contribution is -0.167. The number of ether oxygens (including phenoxy) is 3. The Kier molecular flexibility index (Phi) is 61.8. The van der Waals surface area contributed by atoms with Gasteiger partial charge in [-0.1, -0.05) is 271 Å². The lowest BCUT2D eigenvalue weighted by Gasteiger charge is -2.18. The van der Waals surface area contributed by atoms with Gasteiger partial charge in [0.15, 0.2) is 6.10 Å². The van der Waals surface area contributed by atoms with E-state index >= 15 is 0 Å². The van der Waals surface area contributed by atoms with Crippen molar-refractivity contribution in [1.82, 2.24) is 0 Å². The van der Waals surface area contributed by atoms with Gasteiger partial charge in [-0.25, -0.2) is 0 Å². The van der Waals surface area contributed by atoms with Crippen LogP contribution < -0.4 is 0 Å². The van der Waals surface area contributed by atoms with Gasteiger partial charge in [0.1, 0.15) is 13.2 Å². The molecule has 1 atom stereocenters. The number of hydrogen-bond acceptors (Lipinski definition) is 6. The first-order chi connectivity index (χ1) is 38.5. The number of allylic oxidation sites excluding steroid dienone is 20. The highest BCUT2D eigenvalue weighted by molar-refractivity contribution is 5.71. The Hall–Kier alpha value is -4.19. The third-order valence-electron chi connectivity index (χ3n) is 13.7. The molecule has 0 saturated carbocycles. The Morgan fingerprint density at radius 2 is 0.500 bits per heavy atom. The summed E-state index contributed by atoms with van der Waals surface area (Å²) in [7, 11) is 0. The molecule has 0 aromatic carbocycles. The lowest BCUT2D eigenvalue weighted by Crippen LogP contribution is -2.30. The first-order valence-corrected chi connectivity index (χ1v) is 32.5. The molecular formula is C72H120O6. The third kappa shape index (κ3) is 62.7. The summed E-state index contributed by atoms with van der Waals surface area (Å²) in [6.45, 7) is 6.39. The molecule has 6 nitrogen and oxygen atoms in total. The summed E-state index contributed by atoms with van der Waals surface area (Å²) in [5.74, 6) is -0.918. The van der Waals surface area contributed by atoms with Gasteiger partial charge in [0.2, 0.25) is 0 Å². The molecule has 0 bridgehead atoms. The van der Waals surface area contributed by atoms with Crippen LogP contribution >= 0.6 is 0 Å². The molecule has 0 aliphatic carbocycles. The number of unbranched alkanes of at least 4 members (excludes halogenated alkanes) is 27. The summed E-state index contributed by atoms with van der Waals surface area (Å²) in [5, 5.41) is 0. The average molecular weight is 1080 g/mol. The Bertz CT molecular complexity index is 1620. The lowest BCUT2D eigenvalue weighted by atomic mass is 10.0. The van der Waals surface area contributed by atoms with Gasteiger partial charge in [-0.2, -0.15) is 0 Å². The molecule has 0 aliphatic heterocycles. The van der Waals surface area contributed by atoms with Crippen LogP contribution in [0.5, 0.6) is 0 Å². The van der Waals surface area contributed by atoms with Crippen LogP contribution in [0.15, 0.2) is 122 Å². The minimum absolute atomic E-state index is 0.0910. The summed E-state index contributed by atoms with van der Waals surface area (Å²) >= 11 is 0. The molecule has 0 spiro atoms. The molecule has 0 N–H and O–H groups in total. The van der Waals surface area contributed by atoms with Crippen molar-refractivity contribution in [2.24, 2.45) is 0 Å². The molecule has 0 amide bonds. The fourth-order valence-corrected chi connectivity index (χ4v) is 8.87. The van der Waals surface area contributed by atoms with Gasteiger partial charge in [-0.05, 0) is 128 Å². The van der Waals surface area contributed by atoms with E-state index in [9.17, 15) is 14.4 Å². The molecule has 0 radical (unpaired) electrons. The quantitative estimate of drug-likeness (QED) is 0.0261. The zero-order valence-electron chi connectivity index (χ0n) is 50.9. The van der Waals surface area contributed by atoms with Gasteiger partial charge in [0, 0.05) is 19.3 Å². The van der Waals surface area contributed by atoms with Crippen LogP contribution in [0.3, 0.4) is 0 Å². The van der Waals surface area contributed by atoms with E-state index < -0.39 is 6.10 Å². The number of esters is 3. The largest absolute Gasteiger partial charge is 0.462 e. The van der Waals surface area contributed by atoms with Gasteiger partial charge in [0.25, 0.3) is 0 Å². The summed E-state index contributed by atoms with van der Waals surface area (Å²) in [4.78, 5) is 38.3. The van der Waals surface area contributed by atoms with Crippen molar-refractivity contribution < 1.29 is 28.6 Å². The monoisotopic (exact) mass is 1080 g/mol. The van der Waals surface area contributed by atoms with E-state index in [1.165, 1.54) is 103 Å². The van der Waals surface area contributed by atoms with Crippen LogP contribution in [0.1, 0.15) is 297 Å². The highest BCUT2D eigenvalue weighted by Crippen LogP contribution is 2.16. The van der Waals surface area contributed by atoms with E-state index in [-0.39, 0.29) is 31.1 Å². The topological polar surface area (TPSA) is 78.9 Å². The normalized spacial score (nSPS) is 12.9. The second kappa shape index (κ2) is 65.3. The Morgan fingerprint density at radius 1 is 0.269 bits per heavy atom. The molecule has 444 valence electrons. The smallest absolute Gasteiger partial charge is 0.306 e. The predicted molar refractivity (Wildman–Crippen MR) is 339 cm³/mol. The van der Waals surface area contributed by atoms with E-state index in [2.05, 4.69) is 142 Å². The van der Waals surface area contributed by atoms with Crippen molar-refractivity contribution in [1.29, 1.82) is 0 Å². The highest BCUT2D eigenvalue weighted by atomic mass is 16.6. The number of carbonyl (C=O) groups excluding carboxylic acids is 3. The first kappa shape index (κ1) is 73.8. The van der Waals surface area contributed by atoms with Crippen molar-refractivity contribution in [2.45, 2.75) is 303 Å². The second-order valence-corrected chi connectivity index (χ2v) is 21.3. The molecule has 6 heteroatoms. The number of carbonyl (C=O) groups is 3. The Morgan fingerprint density at radius 3 is 0.782 bits per heavy atom. The van der Waals surface area contributed by atoms with Crippen molar-refractivity contribution in [3.8, 4) is 0 Å². The second-order valence-electron chi connectivity index (χ2n) is 21.3. The van der Waals surface area contributed by atoms with Gasteiger partial charge >= 0.3 is 17.9 Å². The zero-order valence-corrected chi connectivity index (χ0v) is 50.9. The summed E-state index contributed by atoms with van der Waals surface area (Å²) in [6, 6.07) is 0. The van der Waals surface area contributed by atoms with E-state index in [4.69, 9.17) is 14.2 Å². The maximum atomic E-state index is 12.9. The van der Waals surface area contributed by atoms with Gasteiger partial charge < -0.3 is 14.2 Å². The molecule has 0 heterocycles. The maximum absolute atomic E-state index is 12.9. The van der Waals surface area contributed by atoms with Crippen LogP contribution in [-0.2, 0) is 28.6 Å². The summed E-state index contributed by atoms with van der Waals surface area (Å²) in [6.07, 6.45) is 90.6. The number of hydrogen-bond donors (Lipinski definition) is 0. The molecule has 0 aromatic heterocycles. The fourth-order valence-electron chi connectivity index (χ4n) is 8.87. The average Bonchev–Trinajstić information content (AvgIpc) is 3.44. The first-order valence-electron chi connectivity index (χ1n) is 32.5. The van der Waals surface area contributed by atoms with Crippen molar-refractivity contribution in [3.05, 3.63) is 122 Å². The van der Waals surface area contributed by atoms with E-state index in [0.29, 0.717) is 19.3 Å². The molecule has 0 fully saturated rings. The number of rotatable bonds is 58. The fraction of sp³-hybridized carbons (Fsp3) is 0.681. The third-order valence-corrected chi connectivity index (χ3v) is 13.7. The standard InChI is InChI=1S/C72H120O6/c1-4-7-10-13-16-19-22-25-28-30-31-32-33-34-35-36-37-38-39-40-41-42-45-47-50-53-56-59-62-65-71(74)77-68-69(67-76-70(73)64-61-58-55-52-49-46-43-27-24-21-18-15-12-9-6-3)78-72(75)66-63-60-57-54-51-48-44-29-26-23-20-17-14-11-8-5-2/h7,9-10,12,16,18-21,23,25,27-29,31-32,34-35,43-44,69H,4-6,8,11,13-15,17,22,24,26,30,33,36-42,45-68H2,1-3H3/b10-7-,12-9-,19-16-,21-18-,23-20-,28-25-,32-31-,35-34-,43-27-,44-29-. The minimum atomic E-state index is -0.797. The van der Waals surface area contributed by atoms with Crippen LogP contribution in [0, 0.1) is 0 Å². The van der Waals surface area contributed by atoms with Crippen molar-refractivity contribution in [3.63, 3.8) is 0 Å². The molecule has 0 rings (SSSR count). The molecular weight excluding hydrogens is 961 g/mol. The molecule has 0 saturated heterocycles. The van der Waals surface area contributed by atoms with E-state index in [1.54, 1.807) is 0 Å². The summed E-state index contributed by atoms with van der Waals surface area (Å²) in [5.41, 5.74) is 0. The highest BCUT2D eigenvalue weighted by Gasteiger charge is 2.19. The molecule has 78 heavy (non-hydrogen) atoms. The van der Waals surface area contributed by atoms with E-state index in [0.717, 1.165) is 154 Å².